The second-order valence-electron chi connectivity index (χ2n) is 5.74. The highest BCUT2D eigenvalue weighted by molar-refractivity contribution is 6.31. The Labute approximate surface area is 154 Å². The first-order valence-corrected chi connectivity index (χ1v) is 8.24. The van der Waals surface area contributed by atoms with E-state index in [4.69, 9.17) is 17.3 Å². The molecule has 7 heteroatoms. The van der Waals surface area contributed by atoms with E-state index in [0.29, 0.717) is 44.4 Å². The van der Waals surface area contributed by atoms with Crippen molar-refractivity contribution < 1.29 is 4.79 Å². The van der Waals surface area contributed by atoms with Gasteiger partial charge in [-0.15, -0.1) is 0 Å². The molecule has 0 aliphatic rings. The van der Waals surface area contributed by atoms with Gasteiger partial charge in [-0.1, -0.05) is 41.9 Å². The standard InChI is InChI=1S/C19H14ClN5O/c20-12-6-13(21)8-14(7-12)25-19-16-15(9-22-18(16)23-10-24-19)17(26)11-4-2-1-3-5-11/h1-10H,21H2,(H2,22,23,24,25). The molecule has 4 rings (SSSR count). The first kappa shape index (κ1) is 16.1. The number of aromatic amines is 1. The molecule has 4 N–H and O–H groups in total. The van der Waals surface area contributed by atoms with Crippen LogP contribution in [0.3, 0.4) is 0 Å². The Morgan fingerprint density at radius 3 is 2.69 bits per heavy atom. The average Bonchev–Trinajstić information content (AvgIpc) is 3.06. The molecule has 0 radical (unpaired) electrons. The van der Waals surface area contributed by atoms with Crippen LogP contribution in [0.4, 0.5) is 17.2 Å². The molecule has 0 fully saturated rings. The molecule has 2 aromatic heterocycles. The van der Waals surface area contributed by atoms with E-state index in [-0.39, 0.29) is 5.78 Å². The molecule has 4 aromatic rings. The smallest absolute Gasteiger partial charge is 0.195 e. The lowest BCUT2D eigenvalue weighted by Gasteiger charge is -2.09. The van der Waals surface area contributed by atoms with E-state index < -0.39 is 0 Å². The van der Waals surface area contributed by atoms with Crippen LogP contribution in [0.1, 0.15) is 15.9 Å². The first-order valence-electron chi connectivity index (χ1n) is 7.87. The number of fused-ring (bicyclic) bond motifs is 1. The van der Waals surface area contributed by atoms with Crippen LogP contribution in [0.2, 0.25) is 5.02 Å². The molecule has 26 heavy (non-hydrogen) atoms. The molecule has 2 heterocycles. The monoisotopic (exact) mass is 363 g/mol. The highest BCUT2D eigenvalue weighted by Crippen LogP contribution is 2.29. The number of nitrogens with two attached hydrogens (primary N) is 1. The summed E-state index contributed by atoms with van der Waals surface area (Å²) in [5, 5.41) is 4.29. The maximum Gasteiger partial charge on any atom is 0.195 e. The Balaban J connectivity index is 1.81. The second kappa shape index (κ2) is 6.50. The number of hydrogen-bond donors (Lipinski definition) is 3. The van der Waals surface area contributed by atoms with E-state index in [0.717, 1.165) is 0 Å². The van der Waals surface area contributed by atoms with Gasteiger partial charge in [0, 0.05) is 28.2 Å². The van der Waals surface area contributed by atoms with Gasteiger partial charge in [-0.2, -0.15) is 0 Å². The summed E-state index contributed by atoms with van der Waals surface area (Å²) in [5.74, 6) is 0.387. The van der Waals surface area contributed by atoms with Crippen molar-refractivity contribution in [3.05, 3.63) is 77.2 Å². The predicted molar refractivity (Wildman–Crippen MR) is 103 cm³/mol. The lowest BCUT2D eigenvalue weighted by Crippen LogP contribution is -2.03. The Morgan fingerprint density at radius 2 is 1.92 bits per heavy atom. The molecule has 2 aromatic carbocycles. The van der Waals surface area contributed by atoms with Crippen LogP contribution < -0.4 is 11.1 Å². The van der Waals surface area contributed by atoms with E-state index in [1.807, 2.05) is 18.2 Å². The van der Waals surface area contributed by atoms with Crippen molar-refractivity contribution in [2.45, 2.75) is 0 Å². The topological polar surface area (TPSA) is 96.7 Å². The number of carbonyl (C=O) groups is 1. The van der Waals surface area contributed by atoms with E-state index in [1.165, 1.54) is 6.33 Å². The molecular formula is C19H14ClN5O. The lowest BCUT2D eigenvalue weighted by molar-refractivity contribution is 0.104. The molecule has 0 spiro atoms. The van der Waals surface area contributed by atoms with Gasteiger partial charge in [0.05, 0.1) is 10.9 Å². The van der Waals surface area contributed by atoms with E-state index in [2.05, 4.69) is 20.3 Å². The summed E-state index contributed by atoms with van der Waals surface area (Å²) in [5.41, 5.74) is 8.69. The molecule has 128 valence electrons. The minimum absolute atomic E-state index is 0.111. The zero-order valence-corrected chi connectivity index (χ0v) is 14.3. The zero-order chi connectivity index (χ0) is 18.1. The number of hydrogen-bond acceptors (Lipinski definition) is 5. The number of rotatable bonds is 4. The normalized spacial score (nSPS) is 10.8. The SMILES string of the molecule is Nc1cc(Cl)cc(Nc2ncnc3[nH]cc(C(=O)c4ccccc4)c23)c1. The van der Waals surface area contributed by atoms with Gasteiger partial charge in [-0.25, -0.2) is 9.97 Å². The van der Waals surface area contributed by atoms with Crippen LogP contribution in [0.5, 0.6) is 0 Å². The van der Waals surface area contributed by atoms with Crippen LogP contribution in [0.15, 0.2) is 61.1 Å². The quantitative estimate of drug-likeness (QED) is 0.373. The second-order valence-corrected chi connectivity index (χ2v) is 6.18. The molecule has 0 bridgehead atoms. The number of nitrogens with one attached hydrogen (secondary N) is 2. The molecular weight excluding hydrogens is 350 g/mol. The molecule has 0 aliphatic heterocycles. The summed E-state index contributed by atoms with van der Waals surface area (Å²) < 4.78 is 0. The fourth-order valence-corrected chi connectivity index (χ4v) is 3.05. The number of nitrogens with zero attached hydrogens (tertiary/aromatic N) is 2. The number of H-pyrrole nitrogens is 1. The van der Waals surface area contributed by atoms with E-state index in [1.54, 1.807) is 36.5 Å². The van der Waals surface area contributed by atoms with Gasteiger partial charge in [0.15, 0.2) is 5.78 Å². The molecule has 0 unspecified atom stereocenters. The van der Waals surface area contributed by atoms with Crippen LogP contribution in [-0.2, 0) is 0 Å². The Kier molecular flexibility index (Phi) is 4.02. The van der Waals surface area contributed by atoms with Crippen molar-refractivity contribution in [1.82, 2.24) is 15.0 Å². The highest BCUT2D eigenvalue weighted by Gasteiger charge is 2.18. The van der Waals surface area contributed by atoms with E-state index in [9.17, 15) is 4.79 Å². The summed E-state index contributed by atoms with van der Waals surface area (Å²) >= 11 is 6.06. The number of anilines is 3. The van der Waals surface area contributed by atoms with Gasteiger partial charge >= 0.3 is 0 Å². The number of ketones is 1. The maximum absolute atomic E-state index is 12.9. The first-order chi connectivity index (χ1) is 12.6. The van der Waals surface area contributed by atoms with Gasteiger partial charge < -0.3 is 16.0 Å². The largest absolute Gasteiger partial charge is 0.399 e. The average molecular weight is 364 g/mol. The third kappa shape index (κ3) is 2.98. The van der Waals surface area contributed by atoms with E-state index >= 15 is 0 Å². The van der Waals surface area contributed by atoms with Gasteiger partial charge in [-0.3, -0.25) is 4.79 Å². The summed E-state index contributed by atoms with van der Waals surface area (Å²) in [6.45, 7) is 0. The predicted octanol–water partition coefficient (Wildman–Crippen LogP) is 4.17. The van der Waals surface area contributed by atoms with Crippen LogP contribution in [-0.4, -0.2) is 20.7 Å². The fourth-order valence-electron chi connectivity index (χ4n) is 2.80. The Hall–Kier alpha value is -3.38. The third-order valence-electron chi connectivity index (χ3n) is 3.93. The van der Waals surface area contributed by atoms with Crippen LogP contribution in [0, 0.1) is 0 Å². The van der Waals surface area contributed by atoms with Crippen molar-refractivity contribution in [2.24, 2.45) is 0 Å². The number of halogens is 1. The van der Waals surface area contributed by atoms with Crippen molar-refractivity contribution in [1.29, 1.82) is 0 Å². The van der Waals surface area contributed by atoms with Crippen molar-refractivity contribution in [2.75, 3.05) is 11.1 Å². The minimum Gasteiger partial charge on any atom is -0.399 e. The van der Waals surface area contributed by atoms with Crippen LogP contribution in [0.25, 0.3) is 11.0 Å². The van der Waals surface area contributed by atoms with Crippen LogP contribution >= 0.6 is 11.6 Å². The fraction of sp³-hybridized carbons (Fsp3) is 0. The van der Waals surface area contributed by atoms with Crippen molar-refractivity contribution in [3.8, 4) is 0 Å². The van der Waals surface area contributed by atoms with Gasteiger partial charge in [0.25, 0.3) is 0 Å². The molecule has 0 saturated carbocycles. The maximum atomic E-state index is 12.9. The number of carbonyl (C=O) groups excluding carboxylic acids is 1. The summed E-state index contributed by atoms with van der Waals surface area (Å²) in [6.07, 6.45) is 3.07. The zero-order valence-electron chi connectivity index (χ0n) is 13.5. The highest BCUT2D eigenvalue weighted by atomic mass is 35.5. The third-order valence-corrected chi connectivity index (χ3v) is 4.15. The minimum atomic E-state index is -0.111. The molecule has 0 atom stereocenters. The van der Waals surface area contributed by atoms with Crippen molar-refractivity contribution in [3.63, 3.8) is 0 Å². The van der Waals surface area contributed by atoms with Gasteiger partial charge in [0.1, 0.15) is 17.8 Å². The van der Waals surface area contributed by atoms with Gasteiger partial charge in [0.2, 0.25) is 0 Å². The number of aromatic nitrogens is 3. The summed E-state index contributed by atoms with van der Waals surface area (Å²) in [7, 11) is 0. The molecule has 0 amide bonds. The summed E-state index contributed by atoms with van der Waals surface area (Å²) in [6, 6.07) is 14.2. The number of benzene rings is 2. The lowest BCUT2D eigenvalue weighted by atomic mass is 10.0. The molecule has 6 nitrogen and oxygen atoms in total. The Morgan fingerprint density at radius 1 is 1.12 bits per heavy atom. The number of nitrogen functional groups attached to an aromatic ring is 1. The van der Waals surface area contributed by atoms with Crippen molar-refractivity contribution >= 4 is 45.6 Å². The van der Waals surface area contributed by atoms with Gasteiger partial charge in [-0.05, 0) is 18.2 Å². The molecule has 0 saturated heterocycles. The Bertz CT molecular complexity index is 1090. The molecule has 0 aliphatic carbocycles. The summed E-state index contributed by atoms with van der Waals surface area (Å²) in [4.78, 5) is 24.4.